The summed E-state index contributed by atoms with van der Waals surface area (Å²) < 4.78 is 1.11. The van der Waals surface area contributed by atoms with Crippen molar-refractivity contribution >= 4 is 56.6 Å². The Morgan fingerprint density at radius 3 is 2.91 bits per heavy atom. The van der Waals surface area contributed by atoms with E-state index in [0.717, 1.165) is 31.4 Å². The molecule has 0 aliphatic heterocycles. The van der Waals surface area contributed by atoms with Gasteiger partial charge in [-0.05, 0) is 38.0 Å². The second-order valence-corrected chi connectivity index (χ2v) is 7.60. The fourth-order valence-electron chi connectivity index (χ4n) is 2.31. The summed E-state index contributed by atoms with van der Waals surface area (Å²) in [6, 6.07) is 4.42. The van der Waals surface area contributed by atoms with E-state index in [0.29, 0.717) is 6.04 Å². The van der Waals surface area contributed by atoms with Crippen LogP contribution in [0.25, 0.3) is 22.4 Å². The van der Waals surface area contributed by atoms with Gasteiger partial charge in [-0.15, -0.1) is 22.7 Å². The predicted octanol–water partition coefficient (Wildman–Crippen LogP) is 4.70. The smallest absolute Gasteiger partial charge is 0.169 e. The van der Waals surface area contributed by atoms with Gasteiger partial charge in [0, 0.05) is 21.9 Å². The molecule has 1 aliphatic rings. The number of rotatable bonds is 5. The molecule has 116 valence electrons. The van der Waals surface area contributed by atoms with Crippen molar-refractivity contribution in [2.24, 2.45) is 0 Å². The highest BCUT2D eigenvalue weighted by molar-refractivity contribution is 7.18. The SMILES string of the molecule is CC(=O)c1ccc(C=Cc2csc3c(NC4CC4)ncnc23)s1. The average Bonchev–Trinajstić information content (AvgIpc) is 3.07. The van der Waals surface area contributed by atoms with Crippen LogP contribution in [-0.2, 0) is 0 Å². The van der Waals surface area contributed by atoms with Gasteiger partial charge in [-0.2, -0.15) is 0 Å². The molecule has 6 heteroatoms. The molecule has 0 aromatic carbocycles. The molecule has 3 aromatic heterocycles. The van der Waals surface area contributed by atoms with Crippen molar-refractivity contribution in [2.75, 3.05) is 5.32 Å². The summed E-state index contributed by atoms with van der Waals surface area (Å²) in [6.45, 7) is 1.59. The van der Waals surface area contributed by atoms with Crippen LogP contribution >= 0.6 is 22.7 Å². The number of Topliss-reactive ketones (excluding diaryl/α,β-unsaturated/α-hetero) is 1. The zero-order valence-electron chi connectivity index (χ0n) is 12.6. The highest BCUT2D eigenvalue weighted by Crippen LogP contribution is 2.33. The Morgan fingerprint density at radius 1 is 1.30 bits per heavy atom. The second kappa shape index (κ2) is 5.86. The number of ketones is 1. The lowest BCUT2D eigenvalue weighted by molar-refractivity contribution is 0.102. The predicted molar refractivity (Wildman–Crippen MR) is 97.3 cm³/mol. The van der Waals surface area contributed by atoms with Gasteiger partial charge in [-0.3, -0.25) is 4.79 Å². The van der Waals surface area contributed by atoms with Crippen LogP contribution in [0.5, 0.6) is 0 Å². The van der Waals surface area contributed by atoms with Gasteiger partial charge in [0.25, 0.3) is 0 Å². The van der Waals surface area contributed by atoms with Gasteiger partial charge in [0.2, 0.25) is 0 Å². The Bertz CT molecular complexity index is 906. The largest absolute Gasteiger partial charge is 0.366 e. The zero-order valence-corrected chi connectivity index (χ0v) is 14.2. The lowest BCUT2D eigenvalue weighted by atomic mass is 10.2. The summed E-state index contributed by atoms with van der Waals surface area (Å²) in [4.78, 5) is 22.0. The lowest BCUT2D eigenvalue weighted by Gasteiger charge is -2.03. The van der Waals surface area contributed by atoms with Crippen LogP contribution in [0, 0.1) is 0 Å². The van der Waals surface area contributed by atoms with Gasteiger partial charge < -0.3 is 5.32 Å². The standard InChI is InChI=1S/C17H15N3OS2/c1-10(21)14-7-6-13(23-14)5-2-11-8-22-16-15(11)18-9-19-17(16)20-12-3-4-12/h2,5-9,12H,3-4H2,1H3,(H,18,19,20). The van der Waals surface area contributed by atoms with Crippen molar-refractivity contribution in [2.45, 2.75) is 25.8 Å². The molecule has 3 aromatic rings. The normalized spacial score (nSPS) is 14.7. The topological polar surface area (TPSA) is 54.9 Å². The first kappa shape index (κ1) is 14.5. The maximum absolute atomic E-state index is 11.4. The first-order chi connectivity index (χ1) is 11.2. The average molecular weight is 341 g/mol. The third kappa shape index (κ3) is 3.04. The number of nitrogens with one attached hydrogen (secondary N) is 1. The number of aromatic nitrogens is 2. The molecule has 1 aliphatic carbocycles. The number of anilines is 1. The summed E-state index contributed by atoms with van der Waals surface area (Å²) >= 11 is 3.18. The number of thiophene rings is 2. The van der Waals surface area contributed by atoms with Crippen molar-refractivity contribution in [3.63, 3.8) is 0 Å². The van der Waals surface area contributed by atoms with Gasteiger partial charge in [0.15, 0.2) is 5.78 Å². The molecular formula is C17H15N3OS2. The van der Waals surface area contributed by atoms with Crippen LogP contribution in [0.1, 0.15) is 39.9 Å². The number of carbonyl (C=O) groups is 1. The van der Waals surface area contributed by atoms with Crippen molar-refractivity contribution in [1.29, 1.82) is 0 Å². The van der Waals surface area contributed by atoms with Gasteiger partial charge in [0.05, 0.1) is 15.1 Å². The summed E-state index contributed by atoms with van der Waals surface area (Å²) in [5.74, 6) is 1.05. The molecule has 3 heterocycles. The van der Waals surface area contributed by atoms with Crippen molar-refractivity contribution < 1.29 is 4.79 Å². The molecular weight excluding hydrogens is 326 g/mol. The minimum absolute atomic E-state index is 0.110. The fraction of sp³-hybridized carbons (Fsp3) is 0.235. The summed E-state index contributed by atoms with van der Waals surface area (Å²) in [5.41, 5.74) is 2.07. The molecule has 0 saturated heterocycles. The molecule has 4 nitrogen and oxygen atoms in total. The van der Waals surface area contributed by atoms with Crippen LogP contribution in [0.15, 0.2) is 23.8 Å². The van der Waals surface area contributed by atoms with Crippen LogP contribution in [0.4, 0.5) is 5.82 Å². The van der Waals surface area contributed by atoms with E-state index >= 15 is 0 Å². The quantitative estimate of drug-likeness (QED) is 0.683. The van der Waals surface area contributed by atoms with Crippen LogP contribution in [0.3, 0.4) is 0 Å². The second-order valence-electron chi connectivity index (χ2n) is 5.60. The fourth-order valence-corrected chi connectivity index (χ4v) is 4.06. The number of nitrogens with zero attached hydrogens (tertiary/aromatic N) is 2. The summed E-state index contributed by atoms with van der Waals surface area (Å²) in [6.07, 6.45) is 8.16. The van der Waals surface area contributed by atoms with E-state index in [1.165, 1.54) is 24.2 Å². The zero-order chi connectivity index (χ0) is 15.8. The molecule has 0 atom stereocenters. The molecule has 0 spiro atoms. The van der Waals surface area contributed by atoms with E-state index in [4.69, 9.17) is 0 Å². The Balaban J connectivity index is 1.63. The highest BCUT2D eigenvalue weighted by atomic mass is 32.1. The monoisotopic (exact) mass is 341 g/mol. The molecule has 23 heavy (non-hydrogen) atoms. The van der Waals surface area contributed by atoms with E-state index in [-0.39, 0.29) is 5.78 Å². The Morgan fingerprint density at radius 2 is 2.17 bits per heavy atom. The minimum Gasteiger partial charge on any atom is -0.366 e. The summed E-state index contributed by atoms with van der Waals surface area (Å²) in [7, 11) is 0. The third-order valence-electron chi connectivity index (χ3n) is 3.70. The maximum atomic E-state index is 11.4. The molecule has 0 radical (unpaired) electrons. The lowest BCUT2D eigenvalue weighted by Crippen LogP contribution is -2.03. The van der Waals surface area contributed by atoms with E-state index in [1.54, 1.807) is 24.6 Å². The van der Waals surface area contributed by atoms with E-state index in [1.807, 2.05) is 18.2 Å². The molecule has 0 amide bonds. The summed E-state index contributed by atoms with van der Waals surface area (Å²) in [5, 5.41) is 5.57. The molecule has 1 fully saturated rings. The Hall–Kier alpha value is -2.05. The van der Waals surface area contributed by atoms with Crippen molar-refractivity contribution in [3.8, 4) is 0 Å². The van der Waals surface area contributed by atoms with Gasteiger partial charge >= 0.3 is 0 Å². The molecule has 1 N–H and O–H groups in total. The maximum Gasteiger partial charge on any atom is 0.169 e. The van der Waals surface area contributed by atoms with E-state index in [9.17, 15) is 4.79 Å². The minimum atomic E-state index is 0.110. The van der Waals surface area contributed by atoms with Gasteiger partial charge in [0.1, 0.15) is 12.1 Å². The van der Waals surface area contributed by atoms with Crippen LogP contribution in [-0.4, -0.2) is 21.8 Å². The number of hydrogen-bond acceptors (Lipinski definition) is 6. The molecule has 0 unspecified atom stereocenters. The van der Waals surface area contributed by atoms with Crippen molar-refractivity contribution in [1.82, 2.24) is 9.97 Å². The Kier molecular flexibility index (Phi) is 3.71. The first-order valence-corrected chi connectivity index (χ1v) is 9.18. The number of hydrogen-bond donors (Lipinski definition) is 1. The van der Waals surface area contributed by atoms with Crippen molar-refractivity contribution in [3.05, 3.63) is 39.2 Å². The molecule has 0 bridgehead atoms. The molecule has 1 saturated carbocycles. The van der Waals surface area contributed by atoms with Crippen LogP contribution < -0.4 is 5.32 Å². The number of carbonyl (C=O) groups excluding carboxylic acids is 1. The van der Waals surface area contributed by atoms with E-state index in [2.05, 4.69) is 26.7 Å². The Labute approximate surface area is 141 Å². The first-order valence-electron chi connectivity index (χ1n) is 7.48. The van der Waals surface area contributed by atoms with E-state index < -0.39 is 0 Å². The third-order valence-corrected chi connectivity index (χ3v) is 5.85. The van der Waals surface area contributed by atoms with Gasteiger partial charge in [-0.1, -0.05) is 6.08 Å². The number of fused-ring (bicyclic) bond motifs is 1. The van der Waals surface area contributed by atoms with Gasteiger partial charge in [-0.25, -0.2) is 9.97 Å². The molecule has 4 rings (SSSR count). The highest BCUT2D eigenvalue weighted by Gasteiger charge is 2.22. The van der Waals surface area contributed by atoms with Crippen LogP contribution in [0.2, 0.25) is 0 Å².